The summed E-state index contributed by atoms with van der Waals surface area (Å²) in [5.74, 6) is -3.93. The Balaban J connectivity index is 2.60. The van der Waals surface area contributed by atoms with E-state index in [-0.39, 0.29) is 0 Å². The third-order valence-electron chi connectivity index (χ3n) is 3.68. The maximum absolute atomic E-state index is 11.8. The zero-order valence-corrected chi connectivity index (χ0v) is 9.28. The third kappa shape index (κ3) is 1.07. The predicted molar refractivity (Wildman–Crippen MR) is 53.7 cm³/mol. The zero-order valence-electron chi connectivity index (χ0n) is 9.28. The van der Waals surface area contributed by atoms with Gasteiger partial charge in [-0.1, -0.05) is 0 Å². The highest BCUT2D eigenvalue weighted by Gasteiger charge is 2.95. The summed E-state index contributed by atoms with van der Waals surface area (Å²) in [5.41, 5.74) is -1.82. The Bertz CT molecular complexity index is 585. The van der Waals surface area contributed by atoms with Gasteiger partial charge in [0.25, 0.3) is 6.54 Å². The molecule has 19 heavy (non-hydrogen) atoms. The highest BCUT2D eigenvalue weighted by atomic mass is 16.6. The topological polar surface area (TPSA) is 183 Å². The number of nitrogens with one attached hydrogen (secondary N) is 1. The lowest BCUT2D eigenvalue weighted by Gasteiger charge is -2.23. The van der Waals surface area contributed by atoms with Gasteiger partial charge in [-0.25, -0.2) is 0 Å². The van der Waals surface area contributed by atoms with Crippen LogP contribution in [0.2, 0.25) is 0 Å². The van der Waals surface area contributed by atoms with E-state index in [1.165, 1.54) is 12.1 Å². The summed E-state index contributed by atoms with van der Waals surface area (Å²) >= 11 is 0. The van der Waals surface area contributed by atoms with Crippen molar-refractivity contribution in [2.24, 2.45) is 22.5 Å². The number of primary amides is 1. The maximum atomic E-state index is 11.8. The monoisotopic (exact) mass is 265 g/mol. The lowest BCUT2D eigenvalue weighted by atomic mass is 9.92. The SMILES string of the molecule is N#C[C@]1(C(N)=O)[C@@H]2[C@@](O)(C[N+](=O)[O-])NC(=O)[C@@]21C#N. The van der Waals surface area contributed by atoms with Gasteiger partial charge >= 0.3 is 0 Å². The number of aliphatic hydroxyl groups is 1. The number of piperidine rings is 1. The highest BCUT2D eigenvalue weighted by Crippen LogP contribution is 2.74. The van der Waals surface area contributed by atoms with Crippen molar-refractivity contribution in [2.45, 2.75) is 5.72 Å². The highest BCUT2D eigenvalue weighted by molar-refractivity contribution is 6.07. The summed E-state index contributed by atoms with van der Waals surface area (Å²) in [6.45, 7) is -1.14. The Labute approximate surface area is 105 Å². The van der Waals surface area contributed by atoms with Gasteiger partial charge in [-0.2, -0.15) is 10.5 Å². The van der Waals surface area contributed by atoms with Crippen LogP contribution in [0.4, 0.5) is 0 Å². The van der Waals surface area contributed by atoms with Gasteiger partial charge in [0.15, 0.2) is 10.8 Å². The lowest BCUT2D eigenvalue weighted by Crippen LogP contribution is -2.55. The van der Waals surface area contributed by atoms with Gasteiger partial charge in [0.05, 0.1) is 18.1 Å². The molecule has 0 aromatic carbocycles. The molecule has 0 bridgehead atoms. The summed E-state index contributed by atoms with van der Waals surface area (Å²) in [4.78, 5) is 32.8. The van der Waals surface area contributed by atoms with Crippen LogP contribution < -0.4 is 11.1 Å². The van der Waals surface area contributed by atoms with Crippen molar-refractivity contribution in [1.82, 2.24) is 5.32 Å². The number of nitrogens with zero attached hydrogens (tertiary/aromatic N) is 3. The van der Waals surface area contributed by atoms with Gasteiger partial charge in [-0.05, 0) is 0 Å². The molecule has 98 valence electrons. The summed E-state index contributed by atoms with van der Waals surface area (Å²) in [6, 6.07) is 2.96. The molecule has 4 N–H and O–H groups in total. The van der Waals surface area contributed by atoms with E-state index in [1.54, 1.807) is 0 Å². The first-order valence-electron chi connectivity index (χ1n) is 5.02. The number of hydrogen-bond donors (Lipinski definition) is 3. The minimum absolute atomic E-state index is 0.921. The van der Waals surface area contributed by atoms with Crippen LogP contribution in [0.3, 0.4) is 0 Å². The Morgan fingerprint density at radius 1 is 1.58 bits per heavy atom. The van der Waals surface area contributed by atoms with Crippen LogP contribution in [0.1, 0.15) is 0 Å². The molecular weight excluding hydrogens is 258 g/mol. The van der Waals surface area contributed by atoms with E-state index in [2.05, 4.69) is 0 Å². The van der Waals surface area contributed by atoms with Crippen LogP contribution in [0.5, 0.6) is 0 Å². The number of rotatable bonds is 3. The third-order valence-corrected chi connectivity index (χ3v) is 3.68. The number of nitriles is 2. The van der Waals surface area contributed by atoms with E-state index in [4.69, 9.17) is 16.3 Å². The number of amides is 2. The van der Waals surface area contributed by atoms with Gasteiger partial charge in [-0.3, -0.25) is 19.7 Å². The molecule has 2 rings (SSSR count). The average molecular weight is 265 g/mol. The van der Waals surface area contributed by atoms with Gasteiger partial charge in [-0.15, -0.1) is 0 Å². The van der Waals surface area contributed by atoms with Gasteiger partial charge in [0.2, 0.25) is 17.5 Å². The maximum Gasteiger partial charge on any atom is 0.251 e. The van der Waals surface area contributed by atoms with Crippen LogP contribution in [0.25, 0.3) is 0 Å². The van der Waals surface area contributed by atoms with E-state index < -0.39 is 45.8 Å². The standard InChI is InChI=1S/C9H7N5O5/c10-1-7(5(12)15)4-8(7,2-11)6(16)13-9(4,17)3-14(18)19/h4,17H,3H2,(H2,12,15)(H,13,16)/t4-,7+,8+,9-/m0/s1. The number of hydrogen-bond acceptors (Lipinski definition) is 7. The van der Waals surface area contributed by atoms with Crippen LogP contribution in [0, 0.1) is 49.5 Å². The predicted octanol–water partition coefficient (Wildman–Crippen LogP) is -2.78. The van der Waals surface area contributed by atoms with Crippen LogP contribution in [-0.2, 0) is 9.59 Å². The molecule has 0 aromatic rings. The molecule has 10 heteroatoms. The Kier molecular flexibility index (Phi) is 2.13. The Morgan fingerprint density at radius 3 is 2.47 bits per heavy atom. The molecule has 1 saturated heterocycles. The molecule has 2 amide bonds. The lowest BCUT2D eigenvalue weighted by molar-refractivity contribution is -0.503. The number of nitro groups is 1. The Hall–Kier alpha value is -2.72. The molecule has 1 heterocycles. The van der Waals surface area contributed by atoms with Crippen molar-refractivity contribution in [3.63, 3.8) is 0 Å². The summed E-state index contributed by atoms with van der Waals surface area (Å²) < 4.78 is 0. The molecule has 0 radical (unpaired) electrons. The van der Waals surface area contributed by atoms with Crippen molar-refractivity contribution < 1.29 is 19.6 Å². The normalized spacial score (nSPS) is 42.5. The average Bonchev–Trinajstić information content (AvgIpc) is 2.86. The minimum atomic E-state index is -2.44. The fourth-order valence-corrected chi connectivity index (χ4v) is 2.94. The first kappa shape index (κ1) is 12.7. The fourth-order valence-electron chi connectivity index (χ4n) is 2.94. The fraction of sp³-hybridized carbons (Fsp3) is 0.556. The number of nitrogens with two attached hydrogens (primary N) is 1. The van der Waals surface area contributed by atoms with Crippen LogP contribution in [-0.4, -0.2) is 34.1 Å². The first-order chi connectivity index (χ1) is 8.73. The molecule has 10 nitrogen and oxygen atoms in total. The smallest absolute Gasteiger partial charge is 0.251 e. The molecule has 0 aromatic heterocycles. The van der Waals surface area contributed by atoms with E-state index in [0.717, 1.165) is 0 Å². The van der Waals surface area contributed by atoms with Crippen LogP contribution >= 0.6 is 0 Å². The van der Waals surface area contributed by atoms with Crippen molar-refractivity contribution in [3.05, 3.63) is 10.1 Å². The molecule has 0 unspecified atom stereocenters. The molecule has 2 fully saturated rings. The Morgan fingerprint density at radius 2 is 2.16 bits per heavy atom. The van der Waals surface area contributed by atoms with E-state index in [9.17, 15) is 24.8 Å². The second-order valence-corrected chi connectivity index (χ2v) is 4.51. The molecule has 4 atom stereocenters. The number of carbonyl (C=O) groups is 2. The van der Waals surface area contributed by atoms with Gasteiger partial charge in [0.1, 0.15) is 0 Å². The molecule has 1 aliphatic heterocycles. The summed E-state index contributed by atoms with van der Waals surface area (Å²) in [5, 5.41) is 40.6. The van der Waals surface area contributed by atoms with Crippen molar-refractivity contribution in [3.8, 4) is 12.1 Å². The largest absolute Gasteiger partial charge is 0.368 e. The molecule has 2 aliphatic rings. The quantitative estimate of drug-likeness (QED) is 0.363. The summed E-state index contributed by atoms with van der Waals surface area (Å²) in [6.07, 6.45) is 0. The second kappa shape index (κ2) is 3.18. The van der Waals surface area contributed by atoms with Crippen LogP contribution in [0.15, 0.2) is 0 Å². The minimum Gasteiger partial charge on any atom is -0.368 e. The first-order valence-corrected chi connectivity index (χ1v) is 5.02. The second-order valence-electron chi connectivity index (χ2n) is 4.51. The zero-order chi connectivity index (χ0) is 14.6. The van der Waals surface area contributed by atoms with Crippen molar-refractivity contribution >= 4 is 11.8 Å². The summed E-state index contributed by atoms with van der Waals surface area (Å²) in [7, 11) is 0. The molecule has 0 spiro atoms. The van der Waals surface area contributed by atoms with Crippen molar-refractivity contribution in [2.75, 3.05) is 6.54 Å². The number of fused-ring (bicyclic) bond motifs is 1. The van der Waals surface area contributed by atoms with E-state index in [1.807, 2.05) is 5.32 Å². The molecule has 1 saturated carbocycles. The number of carbonyl (C=O) groups excluding carboxylic acids is 2. The van der Waals surface area contributed by atoms with Gasteiger partial charge in [0, 0.05) is 4.92 Å². The van der Waals surface area contributed by atoms with Crippen molar-refractivity contribution in [1.29, 1.82) is 10.5 Å². The molecular formula is C9H7N5O5. The van der Waals surface area contributed by atoms with Gasteiger partial charge < -0.3 is 16.2 Å². The van der Waals surface area contributed by atoms with E-state index in [0.29, 0.717) is 0 Å². The molecule has 1 aliphatic carbocycles. The van der Waals surface area contributed by atoms with E-state index >= 15 is 0 Å².